The number of morpholine rings is 1. The zero-order valence-corrected chi connectivity index (χ0v) is 13.3. The lowest BCUT2D eigenvalue weighted by molar-refractivity contribution is -0.0555. The zero-order valence-electron chi connectivity index (χ0n) is 12.5. The molecule has 1 heterocycles. The van der Waals surface area contributed by atoms with Crippen LogP contribution in [0, 0.1) is 0 Å². The first-order valence-electron chi connectivity index (χ1n) is 7.07. The topological polar surface area (TPSA) is 50.8 Å². The number of carbonyl (C=O) groups is 1. The van der Waals surface area contributed by atoms with Gasteiger partial charge in [0, 0.05) is 18.1 Å². The van der Waals surface area contributed by atoms with Crippen LogP contribution in [0.5, 0.6) is 5.75 Å². The van der Waals surface area contributed by atoms with E-state index in [4.69, 9.17) is 21.1 Å². The second kappa shape index (κ2) is 7.00. The van der Waals surface area contributed by atoms with Crippen LogP contribution in [0.15, 0.2) is 24.3 Å². The molecular weight excluding hydrogens is 292 g/mol. The average molecular weight is 313 g/mol. The van der Waals surface area contributed by atoms with Crippen molar-refractivity contribution in [1.29, 1.82) is 0 Å². The third kappa shape index (κ3) is 4.79. The fourth-order valence-corrected chi connectivity index (χ4v) is 2.48. The summed E-state index contributed by atoms with van der Waals surface area (Å²) in [6, 6.07) is 6.89. The van der Waals surface area contributed by atoms with Crippen molar-refractivity contribution in [3.05, 3.63) is 29.3 Å². The SMILES string of the molecule is CC1CN(C(=O)NC(C)Oc2ccc(Cl)cc2)CC(C)O1. The van der Waals surface area contributed by atoms with Gasteiger partial charge in [0.1, 0.15) is 5.75 Å². The van der Waals surface area contributed by atoms with Gasteiger partial charge in [-0.25, -0.2) is 4.79 Å². The van der Waals surface area contributed by atoms with E-state index >= 15 is 0 Å². The predicted octanol–water partition coefficient (Wildman–Crippen LogP) is 2.88. The van der Waals surface area contributed by atoms with E-state index in [0.717, 1.165) is 0 Å². The Morgan fingerprint density at radius 3 is 2.48 bits per heavy atom. The molecule has 0 spiro atoms. The van der Waals surface area contributed by atoms with Crippen molar-refractivity contribution >= 4 is 17.6 Å². The summed E-state index contributed by atoms with van der Waals surface area (Å²) in [6.07, 6.45) is -0.328. The van der Waals surface area contributed by atoms with E-state index in [1.165, 1.54) is 0 Å². The predicted molar refractivity (Wildman–Crippen MR) is 81.7 cm³/mol. The summed E-state index contributed by atoms with van der Waals surface area (Å²) in [5.74, 6) is 0.663. The van der Waals surface area contributed by atoms with Gasteiger partial charge in [-0.15, -0.1) is 0 Å². The smallest absolute Gasteiger partial charge is 0.320 e. The lowest BCUT2D eigenvalue weighted by Gasteiger charge is -2.35. The quantitative estimate of drug-likeness (QED) is 0.873. The fraction of sp³-hybridized carbons (Fsp3) is 0.533. The number of ether oxygens (including phenoxy) is 2. The van der Waals surface area contributed by atoms with Crippen LogP contribution in [0.25, 0.3) is 0 Å². The summed E-state index contributed by atoms with van der Waals surface area (Å²) in [5.41, 5.74) is 0. The summed E-state index contributed by atoms with van der Waals surface area (Å²) < 4.78 is 11.2. The van der Waals surface area contributed by atoms with E-state index in [9.17, 15) is 4.79 Å². The molecule has 1 fully saturated rings. The second-order valence-corrected chi connectivity index (χ2v) is 5.76. The molecular formula is C15H21ClN2O3. The zero-order chi connectivity index (χ0) is 15.4. The standard InChI is InChI=1S/C15H21ClN2O3/c1-10-8-18(9-11(2)20-10)15(19)17-12(3)21-14-6-4-13(16)5-7-14/h4-7,10-12H,8-9H2,1-3H3,(H,17,19). The number of hydrogen-bond acceptors (Lipinski definition) is 3. The molecule has 2 amide bonds. The molecule has 1 aliphatic heterocycles. The molecule has 1 aromatic rings. The van der Waals surface area contributed by atoms with Crippen LogP contribution in [0.3, 0.4) is 0 Å². The monoisotopic (exact) mass is 312 g/mol. The Morgan fingerprint density at radius 1 is 1.33 bits per heavy atom. The average Bonchev–Trinajstić information content (AvgIpc) is 2.40. The molecule has 1 aromatic carbocycles. The maximum atomic E-state index is 12.2. The number of nitrogens with one attached hydrogen (secondary N) is 1. The van der Waals surface area contributed by atoms with Gasteiger partial charge in [-0.2, -0.15) is 0 Å². The highest BCUT2D eigenvalue weighted by atomic mass is 35.5. The van der Waals surface area contributed by atoms with Crippen molar-refractivity contribution in [2.24, 2.45) is 0 Å². The molecule has 0 saturated carbocycles. The highest BCUT2D eigenvalue weighted by molar-refractivity contribution is 6.30. The van der Waals surface area contributed by atoms with E-state index in [-0.39, 0.29) is 18.2 Å². The van der Waals surface area contributed by atoms with Gasteiger partial charge in [0.05, 0.1) is 12.2 Å². The molecule has 116 valence electrons. The summed E-state index contributed by atoms with van der Waals surface area (Å²) in [5, 5.41) is 3.48. The Morgan fingerprint density at radius 2 is 1.90 bits per heavy atom. The maximum Gasteiger partial charge on any atom is 0.320 e. The van der Waals surface area contributed by atoms with Gasteiger partial charge in [-0.05, 0) is 45.0 Å². The van der Waals surface area contributed by atoms with Crippen LogP contribution in [0.4, 0.5) is 4.79 Å². The van der Waals surface area contributed by atoms with Crippen molar-refractivity contribution in [3.8, 4) is 5.75 Å². The molecule has 0 aromatic heterocycles. The molecule has 5 nitrogen and oxygen atoms in total. The normalized spacial score (nSPS) is 23.5. The van der Waals surface area contributed by atoms with Gasteiger partial charge in [-0.3, -0.25) is 0 Å². The molecule has 6 heteroatoms. The first-order chi connectivity index (χ1) is 9.94. The molecule has 0 aliphatic carbocycles. The highest BCUT2D eigenvalue weighted by Crippen LogP contribution is 2.16. The molecule has 1 saturated heterocycles. The molecule has 3 unspecified atom stereocenters. The third-order valence-electron chi connectivity index (χ3n) is 3.16. The Bertz CT molecular complexity index is 470. The summed E-state index contributed by atoms with van der Waals surface area (Å²) in [6.45, 7) is 6.89. The Labute approximate surface area is 130 Å². The van der Waals surface area contributed by atoms with E-state index in [0.29, 0.717) is 23.9 Å². The van der Waals surface area contributed by atoms with Gasteiger partial charge in [0.25, 0.3) is 0 Å². The maximum absolute atomic E-state index is 12.2. The van der Waals surface area contributed by atoms with E-state index in [1.54, 1.807) is 36.1 Å². The van der Waals surface area contributed by atoms with E-state index in [1.807, 2.05) is 13.8 Å². The van der Waals surface area contributed by atoms with Crippen molar-refractivity contribution in [2.75, 3.05) is 13.1 Å². The largest absolute Gasteiger partial charge is 0.471 e. The van der Waals surface area contributed by atoms with Gasteiger partial charge >= 0.3 is 6.03 Å². The van der Waals surface area contributed by atoms with Crippen molar-refractivity contribution in [2.45, 2.75) is 39.2 Å². The lowest BCUT2D eigenvalue weighted by Crippen LogP contribution is -2.53. The number of carbonyl (C=O) groups excluding carboxylic acids is 1. The Hall–Kier alpha value is -1.46. The number of rotatable bonds is 3. The summed E-state index contributed by atoms with van der Waals surface area (Å²) >= 11 is 5.82. The van der Waals surface area contributed by atoms with Gasteiger partial charge in [-0.1, -0.05) is 11.6 Å². The molecule has 0 bridgehead atoms. The summed E-state index contributed by atoms with van der Waals surface area (Å²) in [4.78, 5) is 14.0. The number of hydrogen-bond donors (Lipinski definition) is 1. The molecule has 3 atom stereocenters. The molecule has 0 radical (unpaired) electrons. The second-order valence-electron chi connectivity index (χ2n) is 5.33. The molecule has 1 N–H and O–H groups in total. The number of halogens is 1. The number of urea groups is 1. The van der Waals surface area contributed by atoms with Gasteiger partial charge < -0.3 is 19.7 Å². The molecule has 1 aliphatic rings. The van der Waals surface area contributed by atoms with Crippen molar-refractivity contribution in [3.63, 3.8) is 0 Å². The number of nitrogens with zero attached hydrogens (tertiary/aromatic N) is 1. The van der Waals surface area contributed by atoms with Crippen LogP contribution in [0.1, 0.15) is 20.8 Å². The fourth-order valence-electron chi connectivity index (χ4n) is 2.36. The van der Waals surface area contributed by atoms with Crippen molar-refractivity contribution in [1.82, 2.24) is 10.2 Å². The minimum absolute atomic E-state index is 0.0481. The van der Waals surface area contributed by atoms with Crippen molar-refractivity contribution < 1.29 is 14.3 Å². The van der Waals surface area contributed by atoms with Gasteiger partial charge in [0.15, 0.2) is 6.23 Å². The first-order valence-corrected chi connectivity index (χ1v) is 7.45. The molecule has 21 heavy (non-hydrogen) atoms. The Balaban J connectivity index is 1.85. The Kier molecular flexibility index (Phi) is 5.31. The van der Waals surface area contributed by atoms with Crippen LogP contribution >= 0.6 is 11.6 Å². The first kappa shape index (κ1) is 15.9. The number of amides is 2. The minimum atomic E-state index is -0.424. The van der Waals surface area contributed by atoms with Crippen LogP contribution in [-0.2, 0) is 4.74 Å². The highest BCUT2D eigenvalue weighted by Gasteiger charge is 2.26. The molecule has 2 rings (SSSR count). The third-order valence-corrected chi connectivity index (χ3v) is 3.41. The number of benzene rings is 1. The minimum Gasteiger partial charge on any atom is -0.471 e. The van der Waals surface area contributed by atoms with Crippen LogP contribution in [0.2, 0.25) is 5.02 Å². The van der Waals surface area contributed by atoms with Crippen LogP contribution < -0.4 is 10.1 Å². The lowest BCUT2D eigenvalue weighted by atomic mass is 10.2. The summed E-state index contributed by atoms with van der Waals surface area (Å²) in [7, 11) is 0. The van der Waals surface area contributed by atoms with E-state index < -0.39 is 6.23 Å². The van der Waals surface area contributed by atoms with Crippen LogP contribution in [-0.4, -0.2) is 42.5 Å². The van der Waals surface area contributed by atoms with Gasteiger partial charge in [0.2, 0.25) is 0 Å². The van der Waals surface area contributed by atoms with E-state index in [2.05, 4.69) is 5.32 Å².